The number of allylic oxidation sites excluding steroid dienone is 1. The summed E-state index contributed by atoms with van der Waals surface area (Å²) in [6, 6.07) is 7.90. The SMILES string of the molecule is COc1ccc(-c2cn3nc(N4CCC(C(=O)NCCC5=CCCCC5)CC4)sc3n2)cc1. The molecule has 0 unspecified atom stereocenters. The Kier molecular flexibility index (Phi) is 6.62. The number of anilines is 1. The number of piperidine rings is 1. The molecule has 1 aromatic carbocycles. The number of aromatic nitrogens is 3. The van der Waals surface area contributed by atoms with E-state index in [0.717, 1.165) is 66.0 Å². The molecule has 33 heavy (non-hydrogen) atoms. The Bertz CT molecular complexity index is 1090. The summed E-state index contributed by atoms with van der Waals surface area (Å²) in [5, 5.41) is 8.90. The number of carbonyl (C=O) groups excluding carboxylic acids is 1. The predicted octanol–water partition coefficient (Wildman–Crippen LogP) is 4.69. The summed E-state index contributed by atoms with van der Waals surface area (Å²) < 4.78 is 7.09. The third-order valence-electron chi connectivity index (χ3n) is 6.68. The normalized spacial score (nSPS) is 17.2. The van der Waals surface area contributed by atoms with Crippen LogP contribution in [0.2, 0.25) is 0 Å². The number of imidazole rings is 1. The van der Waals surface area contributed by atoms with Gasteiger partial charge in [0.25, 0.3) is 0 Å². The van der Waals surface area contributed by atoms with Gasteiger partial charge < -0.3 is 15.0 Å². The highest BCUT2D eigenvalue weighted by Crippen LogP contribution is 2.30. The van der Waals surface area contributed by atoms with Crippen LogP contribution in [-0.2, 0) is 4.79 Å². The molecular formula is C25H31N5O2S. The summed E-state index contributed by atoms with van der Waals surface area (Å²) in [6.07, 6.45) is 12.1. The molecule has 1 fully saturated rings. The molecule has 0 atom stereocenters. The quantitative estimate of drug-likeness (QED) is 0.513. The van der Waals surface area contributed by atoms with Crippen LogP contribution >= 0.6 is 11.3 Å². The highest BCUT2D eigenvalue weighted by Gasteiger charge is 2.26. The highest BCUT2D eigenvalue weighted by molar-refractivity contribution is 7.20. The maximum atomic E-state index is 12.6. The molecule has 1 saturated heterocycles. The van der Waals surface area contributed by atoms with Crippen LogP contribution in [-0.4, -0.2) is 47.2 Å². The lowest BCUT2D eigenvalue weighted by atomic mass is 9.95. The molecule has 1 amide bonds. The first kappa shape index (κ1) is 21.9. The lowest BCUT2D eigenvalue weighted by Crippen LogP contribution is -2.40. The Hall–Kier alpha value is -2.87. The van der Waals surface area contributed by atoms with Crippen molar-refractivity contribution < 1.29 is 9.53 Å². The molecule has 2 aliphatic rings. The first-order valence-electron chi connectivity index (χ1n) is 11.9. The number of carbonyl (C=O) groups is 1. The van der Waals surface area contributed by atoms with E-state index in [0.29, 0.717) is 0 Å². The summed E-state index contributed by atoms with van der Waals surface area (Å²) in [5.41, 5.74) is 3.46. The second-order valence-corrected chi connectivity index (χ2v) is 9.81. The van der Waals surface area contributed by atoms with E-state index in [4.69, 9.17) is 14.8 Å². The maximum absolute atomic E-state index is 12.6. The predicted molar refractivity (Wildman–Crippen MR) is 132 cm³/mol. The second kappa shape index (κ2) is 9.95. The zero-order chi connectivity index (χ0) is 22.6. The van der Waals surface area contributed by atoms with Crippen molar-refractivity contribution in [2.24, 2.45) is 5.92 Å². The van der Waals surface area contributed by atoms with Gasteiger partial charge in [-0.2, -0.15) is 0 Å². The second-order valence-electron chi connectivity index (χ2n) is 8.88. The van der Waals surface area contributed by atoms with Gasteiger partial charge in [0.05, 0.1) is 19.0 Å². The smallest absolute Gasteiger partial charge is 0.223 e. The van der Waals surface area contributed by atoms with Crippen LogP contribution in [0.5, 0.6) is 5.75 Å². The molecule has 5 rings (SSSR count). The van der Waals surface area contributed by atoms with Gasteiger partial charge in [0.1, 0.15) is 5.75 Å². The van der Waals surface area contributed by atoms with Crippen LogP contribution < -0.4 is 15.0 Å². The molecule has 3 heterocycles. The van der Waals surface area contributed by atoms with Gasteiger partial charge in [-0.05, 0) is 69.2 Å². The molecule has 0 saturated carbocycles. The zero-order valence-corrected chi connectivity index (χ0v) is 19.9. The minimum atomic E-state index is 0.104. The molecule has 8 heteroatoms. The van der Waals surface area contributed by atoms with E-state index in [1.165, 1.54) is 31.3 Å². The number of nitrogens with one attached hydrogen (secondary N) is 1. The zero-order valence-electron chi connectivity index (χ0n) is 19.1. The minimum absolute atomic E-state index is 0.104. The fourth-order valence-corrected chi connectivity index (χ4v) is 5.61. The monoisotopic (exact) mass is 465 g/mol. The van der Waals surface area contributed by atoms with E-state index in [1.807, 2.05) is 35.0 Å². The summed E-state index contributed by atoms with van der Waals surface area (Å²) in [6.45, 7) is 2.47. The summed E-state index contributed by atoms with van der Waals surface area (Å²) >= 11 is 1.60. The van der Waals surface area contributed by atoms with E-state index < -0.39 is 0 Å². The molecule has 1 N–H and O–H groups in total. The Morgan fingerprint density at radius 3 is 2.73 bits per heavy atom. The molecule has 2 aromatic heterocycles. The van der Waals surface area contributed by atoms with Crippen LogP contribution in [0, 0.1) is 5.92 Å². The molecule has 0 spiro atoms. The van der Waals surface area contributed by atoms with Crippen molar-refractivity contribution in [3.05, 3.63) is 42.1 Å². The summed E-state index contributed by atoms with van der Waals surface area (Å²) in [7, 11) is 1.67. The van der Waals surface area contributed by atoms with Crippen LogP contribution in [0.25, 0.3) is 16.2 Å². The van der Waals surface area contributed by atoms with Gasteiger partial charge in [-0.15, -0.1) is 5.10 Å². The van der Waals surface area contributed by atoms with Gasteiger partial charge in [0.15, 0.2) is 0 Å². The molecule has 0 radical (unpaired) electrons. The van der Waals surface area contributed by atoms with Crippen molar-refractivity contribution in [1.29, 1.82) is 0 Å². The number of methoxy groups -OCH3 is 1. The fourth-order valence-electron chi connectivity index (χ4n) is 4.67. The number of fused-ring (bicyclic) bond motifs is 1. The van der Waals surface area contributed by atoms with Gasteiger partial charge in [0, 0.05) is 31.1 Å². The number of rotatable bonds is 7. The summed E-state index contributed by atoms with van der Waals surface area (Å²) in [4.78, 5) is 20.5. The molecule has 3 aromatic rings. The maximum Gasteiger partial charge on any atom is 0.223 e. The van der Waals surface area contributed by atoms with Gasteiger partial charge in [-0.1, -0.05) is 23.0 Å². The molecule has 1 aliphatic carbocycles. The summed E-state index contributed by atoms with van der Waals surface area (Å²) in [5.74, 6) is 1.15. The van der Waals surface area contributed by atoms with Crippen LogP contribution in [0.3, 0.4) is 0 Å². The van der Waals surface area contributed by atoms with Gasteiger partial charge in [-0.25, -0.2) is 9.50 Å². The van der Waals surface area contributed by atoms with Crippen molar-refractivity contribution in [3.63, 3.8) is 0 Å². The van der Waals surface area contributed by atoms with Gasteiger partial charge in [0.2, 0.25) is 16.0 Å². The standard InChI is InChI=1S/C25H31N5O2S/c1-32-21-9-7-19(8-10-21)22-17-30-24(27-22)33-25(28-30)29-15-12-20(13-16-29)23(31)26-14-11-18-5-3-2-4-6-18/h5,7-10,17,20H,2-4,6,11-16H2,1H3,(H,26,31). The van der Waals surface area contributed by atoms with E-state index in [9.17, 15) is 4.79 Å². The molecule has 0 bridgehead atoms. The van der Waals surface area contributed by atoms with Crippen molar-refractivity contribution in [2.75, 3.05) is 31.6 Å². The van der Waals surface area contributed by atoms with Crippen molar-refractivity contribution in [1.82, 2.24) is 19.9 Å². The Morgan fingerprint density at radius 1 is 1.21 bits per heavy atom. The van der Waals surface area contributed by atoms with Crippen molar-refractivity contribution in [2.45, 2.75) is 44.9 Å². The number of nitrogens with zero attached hydrogens (tertiary/aromatic N) is 4. The Morgan fingerprint density at radius 2 is 2.03 bits per heavy atom. The third kappa shape index (κ3) is 5.05. The van der Waals surface area contributed by atoms with E-state index >= 15 is 0 Å². The van der Waals surface area contributed by atoms with Crippen LogP contribution in [0.4, 0.5) is 5.13 Å². The third-order valence-corrected chi connectivity index (χ3v) is 7.67. The Balaban J connectivity index is 1.13. The molecule has 7 nitrogen and oxygen atoms in total. The average Bonchev–Trinajstić information content (AvgIpc) is 3.45. The van der Waals surface area contributed by atoms with E-state index in [2.05, 4.69) is 16.3 Å². The van der Waals surface area contributed by atoms with E-state index in [1.54, 1.807) is 18.4 Å². The van der Waals surface area contributed by atoms with Crippen molar-refractivity contribution >= 4 is 27.3 Å². The van der Waals surface area contributed by atoms with Gasteiger partial charge >= 0.3 is 0 Å². The largest absolute Gasteiger partial charge is 0.497 e. The fraction of sp³-hybridized carbons (Fsp3) is 0.480. The first-order valence-corrected chi connectivity index (χ1v) is 12.7. The number of hydrogen-bond acceptors (Lipinski definition) is 6. The topological polar surface area (TPSA) is 71.8 Å². The number of ether oxygens (including phenoxy) is 1. The van der Waals surface area contributed by atoms with Crippen LogP contribution in [0.15, 0.2) is 42.1 Å². The number of benzene rings is 1. The highest BCUT2D eigenvalue weighted by atomic mass is 32.1. The van der Waals surface area contributed by atoms with Crippen molar-refractivity contribution in [3.8, 4) is 17.0 Å². The molecule has 174 valence electrons. The number of amides is 1. The lowest BCUT2D eigenvalue weighted by molar-refractivity contribution is -0.125. The minimum Gasteiger partial charge on any atom is -0.497 e. The number of hydrogen-bond donors (Lipinski definition) is 1. The van der Waals surface area contributed by atoms with Gasteiger partial charge in [-0.3, -0.25) is 4.79 Å². The Labute approximate surface area is 198 Å². The lowest BCUT2D eigenvalue weighted by Gasteiger charge is -2.30. The molecule has 1 aliphatic heterocycles. The average molecular weight is 466 g/mol. The van der Waals surface area contributed by atoms with Crippen LogP contribution in [0.1, 0.15) is 44.9 Å². The first-order chi connectivity index (χ1) is 16.2. The molecular weight excluding hydrogens is 434 g/mol. The van der Waals surface area contributed by atoms with E-state index in [-0.39, 0.29) is 11.8 Å².